The van der Waals surface area contributed by atoms with Gasteiger partial charge in [-0.25, -0.2) is 30.0 Å². The number of aliphatic hydroxyl groups excluding tert-OH is 4. The van der Waals surface area contributed by atoms with Crippen molar-refractivity contribution in [2.24, 2.45) is 11.7 Å². The van der Waals surface area contributed by atoms with Crippen molar-refractivity contribution < 1.29 is 64.7 Å². The Bertz CT molecular complexity index is 1290. The van der Waals surface area contributed by atoms with Crippen LogP contribution in [0.2, 0.25) is 0 Å². The number of carbonyl (C=O) groups excluding carboxylic acids is 2. The summed E-state index contributed by atoms with van der Waals surface area (Å²) < 4.78 is 80.0. The lowest BCUT2D eigenvalue weighted by Gasteiger charge is -2.38. The first kappa shape index (κ1) is 36.4. The van der Waals surface area contributed by atoms with E-state index in [2.05, 4.69) is 5.32 Å². The lowest BCUT2D eigenvalue weighted by Crippen LogP contribution is -2.59. The summed E-state index contributed by atoms with van der Waals surface area (Å²) in [6, 6.07) is -1.46. The van der Waals surface area contributed by atoms with Crippen molar-refractivity contribution in [1.29, 1.82) is 0 Å². The van der Waals surface area contributed by atoms with Crippen molar-refractivity contribution in [3.05, 3.63) is 22.4 Å². The van der Waals surface area contributed by atoms with Gasteiger partial charge < -0.3 is 41.0 Å². The smallest absolute Gasteiger partial charge is 0.328 e. The molecule has 1 aromatic rings. The largest absolute Gasteiger partial charge is 0.461 e. The highest BCUT2D eigenvalue weighted by molar-refractivity contribution is 7.93. The number of hydrogen-bond acceptors (Lipinski definition) is 16. The average Bonchev–Trinajstić information content (AvgIpc) is 3.41. The lowest BCUT2D eigenvalue weighted by molar-refractivity contribution is -0.287. The maximum atomic E-state index is 13.3. The minimum absolute atomic E-state index is 0.149. The third-order valence-corrected chi connectivity index (χ3v) is 11.8. The van der Waals surface area contributed by atoms with Crippen LogP contribution in [0.15, 0.2) is 16.8 Å². The van der Waals surface area contributed by atoms with Crippen molar-refractivity contribution in [1.82, 2.24) is 5.32 Å². The van der Waals surface area contributed by atoms with Gasteiger partial charge in [-0.15, -0.1) is 0 Å². The van der Waals surface area contributed by atoms with Gasteiger partial charge in [0.1, 0.15) is 46.9 Å². The van der Waals surface area contributed by atoms with E-state index >= 15 is 0 Å². The molecule has 0 aliphatic carbocycles. The van der Waals surface area contributed by atoms with E-state index in [1.807, 2.05) is 0 Å². The number of rotatable bonds is 15. The molecule has 1 fully saturated rings. The van der Waals surface area contributed by atoms with E-state index in [4.69, 9.17) is 15.2 Å². The van der Waals surface area contributed by atoms with Crippen molar-refractivity contribution in [2.45, 2.75) is 73.1 Å². The highest BCUT2D eigenvalue weighted by atomic mass is 32.2. The quantitative estimate of drug-likeness (QED) is 0.0645. The predicted molar refractivity (Wildman–Crippen MR) is 149 cm³/mol. The summed E-state index contributed by atoms with van der Waals surface area (Å²) in [6.45, 7) is 0.520. The van der Waals surface area contributed by atoms with Gasteiger partial charge in [0.15, 0.2) is 31.8 Å². The SMILES string of the molecule is CC(NC(=O)C(Cc1ccsc1)CC(C(N)CCS(C)(=O)=O)([SH](=O)=O)[SH](=O)=O)C(=O)OCC1OC(O)C(O)C(O)C1O. The molecule has 16 nitrogen and oxygen atoms in total. The number of nitrogens with one attached hydrogen (secondary N) is 1. The van der Waals surface area contributed by atoms with Crippen LogP contribution in [0.4, 0.5) is 0 Å². The molecular formula is C22H36N2O14S4. The lowest BCUT2D eigenvalue weighted by atomic mass is 9.91. The Labute approximate surface area is 249 Å². The monoisotopic (exact) mass is 680 g/mol. The van der Waals surface area contributed by atoms with E-state index in [1.54, 1.807) is 16.8 Å². The van der Waals surface area contributed by atoms with Crippen LogP contribution in [0.25, 0.3) is 0 Å². The fourth-order valence-corrected chi connectivity index (χ4v) is 7.71. The zero-order valence-corrected chi connectivity index (χ0v) is 26.0. The Morgan fingerprint density at radius 3 is 2.29 bits per heavy atom. The van der Waals surface area contributed by atoms with Crippen LogP contribution in [0.5, 0.6) is 0 Å². The molecule has 242 valence electrons. The summed E-state index contributed by atoms with van der Waals surface area (Å²) in [5.41, 5.74) is 6.52. The number of amides is 1. The molecule has 1 saturated heterocycles. The number of sulfone groups is 1. The number of nitrogens with two attached hydrogens (primary N) is 1. The summed E-state index contributed by atoms with van der Waals surface area (Å²) in [4.78, 5) is 25.9. The second kappa shape index (κ2) is 15.3. The zero-order chi connectivity index (χ0) is 32.0. The molecule has 8 unspecified atom stereocenters. The van der Waals surface area contributed by atoms with Gasteiger partial charge in [-0.05, 0) is 48.6 Å². The predicted octanol–water partition coefficient (Wildman–Crippen LogP) is -4.17. The molecule has 20 heteroatoms. The third-order valence-electron chi connectivity index (χ3n) is 6.79. The minimum Gasteiger partial charge on any atom is -0.461 e. The number of thiophene rings is 1. The summed E-state index contributed by atoms with van der Waals surface area (Å²) in [6.07, 6.45) is -9.24. The third kappa shape index (κ3) is 9.37. The highest BCUT2D eigenvalue weighted by Crippen LogP contribution is 2.30. The molecule has 1 aliphatic heterocycles. The Morgan fingerprint density at radius 1 is 1.14 bits per heavy atom. The van der Waals surface area contributed by atoms with Crippen LogP contribution in [-0.2, 0) is 56.7 Å². The van der Waals surface area contributed by atoms with Crippen LogP contribution in [-0.4, -0.2) is 123 Å². The number of aliphatic hydroxyl groups is 4. The normalized spacial score (nSPS) is 25.6. The molecule has 1 amide bonds. The molecule has 1 aromatic heterocycles. The van der Waals surface area contributed by atoms with Gasteiger partial charge in [-0.1, -0.05) is 0 Å². The standard InChI is InChI=1S/C22H36N2O14S4/c1-11(20(29)37-9-14-16(25)17(26)18(27)21(30)38-14)24-19(28)13(7-12-3-5-39-10-12)8-22(40(31)32,41(33)34)15(23)4-6-42(2,35)36/h3,5,10-11,13-18,21,25-27,30,40-41H,4,6-9,23H2,1-2H3,(H,24,28). The summed E-state index contributed by atoms with van der Waals surface area (Å²) >= 11 is 1.26. The highest BCUT2D eigenvalue weighted by Gasteiger charge is 2.48. The Kier molecular flexibility index (Phi) is 13.3. The average molecular weight is 681 g/mol. The van der Waals surface area contributed by atoms with Gasteiger partial charge >= 0.3 is 5.97 Å². The summed E-state index contributed by atoms with van der Waals surface area (Å²) in [5.74, 6) is -3.96. The Morgan fingerprint density at radius 2 is 1.76 bits per heavy atom. The first-order valence-corrected chi connectivity index (χ1v) is 17.8. The first-order valence-electron chi connectivity index (χ1n) is 12.5. The van der Waals surface area contributed by atoms with Crippen molar-refractivity contribution >= 4 is 54.5 Å². The molecule has 42 heavy (non-hydrogen) atoms. The van der Waals surface area contributed by atoms with Gasteiger partial charge in [0.05, 0.1) is 5.75 Å². The van der Waals surface area contributed by atoms with E-state index < -0.39 is 121 Å². The van der Waals surface area contributed by atoms with Crippen LogP contribution < -0.4 is 11.1 Å². The molecule has 7 N–H and O–H groups in total. The fourth-order valence-electron chi connectivity index (χ4n) is 4.27. The van der Waals surface area contributed by atoms with E-state index in [-0.39, 0.29) is 6.42 Å². The van der Waals surface area contributed by atoms with Crippen LogP contribution in [0.3, 0.4) is 0 Å². The number of carbonyl (C=O) groups is 2. The molecule has 0 saturated carbocycles. The van der Waals surface area contributed by atoms with Gasteiger partial charge in [0.25, 0.3) is 0 Å². The Hall–Kier alpha value is -1.75. The number of ether oxygens (including phenoxy) is 2. The maximum absolute atomic E-state index is 13.3. The topological polar surface area (TPSA) is 274 Å². The molecule has 0 spiro atoms. The summed E-state index contributed by atoms with van der Waals surface area (Å²) in [7, 11) is -11.3. The van der Waals surface area contributed by atoms with E-state index in [0.717, 1.165) is 6.26 Å². The maximum Gasteiger partial charge on any atom is 0.328 e. The Balaban J connectivity index is 2.23. The molecular weight excluding hydrogens is 645 g/mol. The van der Waals surface area contributed by atoms with Gasteiger partial charge in [-0.2, -0.15) is 11.3 Å². The molecule has 0 bridgehead atoms. The molecule has 2 heterocycles. The number of thiol groups is 2. The van der Waals surface area contributed by atoms with Crippen molar-refractivity contribution in [3.63, 3.8) is 0 Å². The van der Waals surface area contributed by atoms with E-state index in [9.17, 15) is 55.3 Å². The van der Waals surface area contributed by atoms with E-state index in [0.29, 0.717) is 5.56 Å². The van der Waals surface area contributed by atoms with Gasteiger partial charge in [0.2, 0.25) is 5.91 Å². The van der Waals surface area contributed by atoms with Crippen molar-refractivity contribution in [2.75, 3.05) is 18.6 Å². The molecule has 0 aromatic carbocycles. The van der Waals surface area contributed by atoms with Crippen molar-refractivity contribution in [3.8, 4) is 0 Å². The summed E-state index contributed by atoms with van der Waals surface area (Å²) in [5, 5.41) is 44.6. The van der Waals surface area contributed by atoms with Crippen LogP contribution in [0, 0.1) is 5.92 Å². The molecule has 2 rings (SSSR count). The van der Waals surface area contributed by atoms with Crippen LogP contribution >= 0.6 is 11.3 Å². The molecule has 8 atom stereocenters. The second-order valence-electron chi connectivity index (χ2n) is 10.1. The molecule has 1 aliphatic rings. The zero-order valence-electron chi connectivity index (χ0n) is 22.5. The number of esters is 1. The second-order valence-corrected chi connectivity index (χ2v) is 16.1. The fraction of sp³-hybridized carbons (Fsp3) is 0.727. The first-order chi connectivity index (χ1) is 19.4. The van der Waals surface area contributed by atoms with E-state index in [1.165, 1.54) is 18.3 Å². The van der Waals surface area contributed by atoms with Gasteiger partial charge in [0, 0.05) is 18.2 Å². The van der Waals surface area contributed by atoms with Crippen LogP contribution in [0.1, 0.15) is 25.3 Å². The number of hydrogen-bond donors (Lipinski definition) is 8. The molecule has 0 radical (unpaired) electrons. The minimum atomic E-state index is -3.84. The van der Waals surface area contributed by atoms with Gasteiger partial charge in [-0.3, -0.25) is 4.79 Å².